The lowest BCUT2D eigenvalue weighted by atomic mass is 10.3. The van der Waals surface area contributed by atoms with Gasteiger partial charge in [0.15, 0.2) is 5.82 Å². The molecule has 68 valence electrons. The standard InChI is InChI=1S/C8H7BrFN3/c9-4-1-5(10)8-6(2-4)12-7(3-11)13-8/h1-2H,3,11H2,(H,12,13). The molecule has 0 saturated heterocycles. The summed E-state index contributed by atoms with van der Waals surface area (Å²) in [6, 6.07) is 3.15. The van der Waals surface area contributed by atoms with Crippen molar-refractivity contribution >= 4 is 27.0 Å². The minimum Gasteiger partial charge on any atom is -0.341 e. The third-order valence-electron chi connectivity index (χ3n) is 1.75. The van der Waals surface area contributed by atoms with Crippen molar-refractivity contribution in [3.05, 3.63) is 28.2 Å². The first-order valence-electron chi connectivity index (χ1n) is 3.74. The predicted molar refractivity (Wildman–Crippen MR) is 51.6 cm³/mol. The molecule has 0 aliphatic heterocycles. The van der Waals surface area contributed by atoms with Gasteiger partial charge in [0, 0.05) is 4.47 Å². The van der Waals surface area contributed by atoms with Crippen LogP contribution in [0.25, 0.3) is 11.0 Å². The summed E-state index contributed by atoms with van der Waals surface area (Å²) < 4.78 is 13.9. The number of nitrogens with one attached hydrogen (secondary N) is 1. The average molecular weight is 244 g/mol. The highest BCUT2D eigenvalue weighted by atomic mass is 79.9. The number of nitrogens with zero attached hydrogens (tertiary/aromatic N) is 1. The maximum atomic E-state index is 13.2. The Hall–Kier alpha value is -0.940. The summed E-state index contributed by atoms with van der Waals surface area (Å²) in [7, 11) is 0. The number of halogens is 2. The van der Waals surface area contributed by atoms with Crippen molar-refractivity contribution in [2.45, 2.75) is 6.54 Å². The van der Waals surface area contributed by atoms with Gasteiger partial charge in [-0.3, -0.25) is 0 Å². The smallest absolute Gasteiger partial charge is 0.152 e. The van der Waals surface area contributed by atoms with Crippen molar-refractivity contribution < 1.29 is 4.39 Å². The van der Waals surface area contributed by atoms with E-state index in [2.05, 4.69) is 25.9 Å². The normalized spacial score (nSPS) is 11.0. The Labute approximate surface area is 82.3 Å². The number of aromatic nitrogens is 2. The molecule has 1 heterocycles. The van der Waals surface area contributed by atoms with Crippen LogP contribution in [0.1, 0.15) is 5.82 Å². The minimum absolute atomic E-state index is 0.283. The molecule has 0 radical (unpaired) electrons. The molecule has 0 amide bonds. The summed E-state index contributed by atoms with van der Waals surface area (Å²) in [5, 5.41) is 0. The van der Waals surface area contributed by atoms with Crippen molar-refractivity contribution in [2.24, 2.45) is 5.73 Å². The highest BCUT2D eigenvalue weighted by Crippen LogP contribution is 2.21. The van der Waals surface area contributed by atoms with E-state index >= 15 is 0 Å². The second-order valence-corrected chi connectivity index (χ2v) is 3.59. The zero-order chi connectivity index (χ0) is 9.42. The Bertz CT molecular complexity index is 452. The zero-order valence-corrected chi connectivity index (χ0v) is 8.23. The summed E-state index contributed by atoms with van der Waals surface area (Å²) in [6.45, 7) is 0.283. The SMILES string of the molecule is NCc1nc2c(F)cc(Br)cc2[nH]1. The Balaban J connectivity index is 2.75. The van der Waals surface area contributed by atoms with Crippen LogP contribution < -0.4 is 5.73 Å². The van der Waals surface area contributed by atoms with E-state index in [4.69, 9.17) is 5.73 Å². The summed E-state index contributed by atoms with van der Waals surface area (Å²) in [5.41, 5.74) is 6.37. The molecule has 5 heteroatoms. The molecular weight excluding hydrogens is 237 g/mol. The van der Waals surface area contributed by atoms with E-state index in [1.807, 2.05) is 0 Å². The maximum Gasteiger partial charge on any atom is 0.152 e. The van der Waals surface area contributed by atoms with E-state index < -0.39 is 0 Å². The summed E-state index contributed by atoms with van der Waals surface area (Å²) in [6.07, 6.45) is 0. The number of fused-ring (bicyclic) bond motifs is 1. The van der Waals surface area contributed by atoms with E-state index in [-0.39, 0.29) is 12.4 Å². The van der Waals surface area contributed by atoms with Crippen molar-refractivity contribution in [2.75, 3.05) is 0 Å². The molecule has 0 spiro atoms. The lowest BCUT2D eigenvalue weighted by Gasteiger charge is -1.91. The first-order chi connectivity index (χ1) is 6.20. The summed E-state index contributed by atoms with van der Waals surface area (Å²) >= 11 is 3.20. The van der Waals surface area contributed by atoms with Crippen LogP contribution >= 0.6 is 15.9 Å². The van der Waals surface area contributed by atoms with Crippen molar-refractivity contribution in [1.29, 1.82) is 0 Å². The van der Waals surface area contributed by atoms with Crippen LogP contribution in [0.4, 0.5) is 4.39 Å². The molecule has 3 nitrogen and oxygen atoms in total. The number of nitrogens with two attached hydrogens (primary N) is 1. The van der Waals surface area contributed by atoms with E-state index in [0.29, 0.717) is 21.3 Å². The number of hydrogen-bond donors (Lipinski definition) is 2. The first-order valence-corrected chi connectivity index (χ1v) is 4.53. The third-order valence-corrected chi connectivity index (χ3v) is 2.21. The fourth-order valence-corrected chi connectivity index (χ4v) is 1.62. The molecule has 0 unspecified atom stereocenters. The van der Waals surface area contributed by atoms with Gasteiger partial charge >= 0.3 is 0 Å². The fourth-order valence-electron chi connectivity index (χ4n) is 1.19. The van der Waals surface area contributed by atoms with Gasteiger partial charge in [-0.05, 0) is 12.1 Å². The Morgan fingerprint density at radius 2 is 2.31 bits per heavy atom. The second kappa shape index (κ2) is 3.08. The van der Waals surface area contributed by atoms with Crippen LogP contribution in [-0.4, -0.2) is 9.97 Å². The van der Waals surface area contributed by atoms with Gasteiger partial charge < -0.3 is 10.7 Å². The molecule has 2 aromatic rings. The topological polar surface area (TPSA) is 54.7 Å². The van der Waals surface area contributed by atoms with E-state index in [0.717, 1.165) is 0 Å². The van der Waals surface area contributed by atoms with Gasteiger partial charge in [0.2, 0.25) is 0 Å². The second-order valence-electron chi connectivity index (χ2n) is 2.67. The molecule has 1 aromatic heterocycles. The molecule has 2 rings (SSSR count). The lowest BCUT2D eigenvalue weighted by Crippen LogP contribution is -1.97. The minimum atomic E-state index is -0.347. The predicted octanol–water partition coefficient (Wildman–Crippen LogP) is 1.92. The molecule has 0 aliphatic carbocycles. The Morgan fingerprint density at radius 1 is 1.54 bits per heavy atom. The largest absolute Gasteiger partial charge is 0.341 e. The van der Waals surface area contributed by atoms with E-state index in [1.54, 1.807) is 6.07 Å². The molecule has 0 saturated carbocycles. The van der Waals surface area contributed by atoms with Crippen LogP contribution in [0.5, 0.6) is 0 Å². The third kappa shape index (κ3) is 1.45. The maximum absolute atomic E-state index is 13.2. The Kier molecular flexibility index (Phi) is 2.05. The van der Waals surface area contributed by atoms with Gasteiger partial charge in [-0.25, -0.2) is 9.37 Å². The van der Waals surface area contributed by atoms with Gasteiger partial charge in [-0.1, -0.05) is 15.9 Å². The molecule has 3 N–H and O–H groups in total. The van der Waals surface area contributed by atoms with Crippen LogP contribution in [0.15, 0.2) is 16.6 Å². The monoisotopic (exact) mass is 243 g/mol. The first kappa shape index (κ1) is 8.65. The number of imidazole rings is 1. The highest BCUT2D eigenvalue weighted by molar-refractivity contribution is 9.10. The molecule has 13 heavy (non-hydrogen) atoms. The summed E-state index contributed by atoms with van der Waals surface area (Å²) in [4.78, 5) is 6.92. The Morgan fingerprint density at radius 3 is 3.00 bits per heavy atom. The van der Waals surface area contributed by atoms with Gasteiger partial charge in [0.25, 0.3) is 0 Å². The molecule has 1 aromatic carbocycles. The zero-order valence-electron chi connectivity index (χ0n) is 6.64. The fraction of sp³-hybridized carbons (Fsp3) is 0.125. The number of hydrogen-bond acceptors (Lipinski definition) is 2. The average Bonchev–Trinajstić information content (AvgIpc) is 2.47. The number of aromatic amines is 1. The van der Waals surface area contributed by atoms with E-state index in [9.17, 15) is 4.39 Å². The lowest BCUT2D eigenvalue weighted by molar-refractivity contribution is 0.636. The number of rotatable bonds is 1. The van der Waals surface area contributed by atoms with Crippen molar-refractivity contribution in [3.63, 3.8) is 0 Å². The van der Waals surface area contributed by atoms with Crippen LogP contribution in [0.2, 0.25) is 0 Å². The van der Waals surface area contributed by atoms with Crippen LogP contribution in [0.3, 0.4) is 0 Å². The highest BCUT2D eigenvalue weighted by Gasteiger charge is 2.07. The molecular formula is C8H7BrFN3. The van der Waals surface area contributed by atoms with Crippen molar-refractivity contribution in [1.82, 2.24) is 9.97 Å². The molecule has 0 aliphatic rings. The van der Waals surface area contributed by atoms with Gasteiger partial charge in [0.1, 0.15) is 11.3 Å². The molecule has 0 atom stereocenters. The molecule has 0 fully saturated rings. The quantitative estimate of drug-likeness (QED) is 0.805. The van der Waals surface area contributed by atoms with Gasteiger partial charge in [-0.15, -0.1) is 0 Å². The van der Waals surface area contributed by atoms with E-state index in [1.165, 1.54) is 6.07 Å². The van der Waals surface area contributed by atoms with Crippen molar-refractivity contribution in [3.8, 4) is 0 Å². The van der Waals surface area contributed by atoms with Crippen LogP contribution in [0, 0.1) is 5.82 Å². The molecule has 0 bridgehead atoms. The van der Waals surface area contributed by atoms with Gasteiger partial charge in [-0.2, -0.15) is 0 Å². The summed E-state index contributed by atoms with van der Waals surface area (Å²) in [5.74, 6) is 0.243. The van der Waals surface area contributed by atoms with Gasteiger partial charge in [0.05, 0.1) is 12.1 Å². The number of H-pyrrole nitrogens is 1. The number of benzene rings is 1. The van der Waals surface area contributed by atoms with Crippen LogP contribution in [-0.2, 0) is 6.54 Å².